The smallest absolute Gasteiger partial charge is 0.408 e. The van der Waals surface area contributed by atoms with Gasteiger partial charge in [0.2, 0.25) is 11.8 Å². The first-order valence-corrected chi connectivity index (χ1v) is 14.1. The molecule has 3 aliphatic rings. The van der Waals surface area contributed by atoms with Crippen molar-refractivity contribution in [2.24, 2.45) is 11.8 Å². The maximum atomic E-state index is 14.1. The molecule has 2 fully saturated rings. The number of alkyl carbamates (subject to hydrolysis) is 1. The van der Waals surface area contributed by atoms with E-state index in [0.717, 1.165) is 5.56 Å². The molecule has 5 rings (SSSR count). The Morgan fingerprint density at radius 1 is 1.17 bits per heavy atom. The van der Waals surface area contributed by atoms with Gasteiger partial charge < -0.3 is 34.9 Å². The number of aliphatic hydroxyl groups excluding tert-OH is 1. The normalized spacial score (nSPS) is 25.8. The Kier molecular flexibility index (Phi) is 8.77. The van der Waals surface area contributed by atoms with Gasteiger partial charge in [0.05, 0.1) is 31.2 Å². The molecule has 2 aromatic rings. The first kappa shape index (κ1) is 29.1. The molecule has 0 aliphatic carbocycles. The van der Waals surface area contributed by atoms with E-state index in [1.165, 1.54) is 6.08 Å². The Morgan fingerprint density at radius 3 is 2.67 bits per heavy atom. The van der Waals surface area contributed by atoms with Crippen molar-refractivity contribution in [3.8, 4) is 5.75 Å². The number of hydrogen-bond donors (Lipinski definition) is 3. The molecular weight excluding hydrogens is 542 g/mol. The molecule has 6 atom stereocenters. The van der Waals surface area contributed by atoms with Crippen molar-refractivity contribution in [2.75, 3.05) is 31.3 Å². The van der Waals surface area contributed by atoms with Crippen LogP contribution in [0.25, 0.3) is 0 Å². The minimum atomic E-state index is -1.01. The molecule has 11 nitrogen and oxygen atoms in total. The van der Waals surface area contributed by atoms with Crippen LogP contribution in [-0.2, 0) is 23.9 Å². The summed E-state index contributed by atoms with van der Waals surface area (Å²) in [6.45, 7) is 5.65. The number of ether oxygens (including phenoxy) is 3. The monoisotopic (exact) mass is 577 g/mol. The summed E-state index contributed by atoms with van der Waals surface area (Å²) < 4.78 is 16.6. The van der Waals surface area contributed by atoms with Crippen LogP contribution in [0.15, 0.2) is 61.2 Å². The first-order chi connectivity index (χ1) is 20.4. The number of esters is 1. The quantitative estimate of drug-likeness (QED) is 0.222. The molecule has 3 N–H and O–H groups in total. The van der Waals surface area contributed by atoms with Crippen LogP contribution in [0.1, 0.15) is 42.9 Å². The number of amides is 3. The van der Waals surface area contributed by atoms with Crippen LogP contribution < -0.4 is 20.3 Å². The lowest BCUT2D eigenvalue weighted by molar-refractivity contribution is -0.151. The molecule has 0 bridgehead atoms. The van der Waals surface area contributed by atoms with Crippen molar-refractivity contribution >= 4 is 29.6 Å². The first-order valence-electron chi connectivity index (χ1n) is 14.1. The Morgan fingerprint density at radius 2 is 1.95 bits per heavy atom. The standard InChI is InChI=1S/C31H35N3O8/c1-3-14-42-31(39)33-26-21-16-19(41-15-8-13-35)11-12-22(21)34-28(26)25-24(30(38)40-4-2)20(18-9-6-5-7-10-18)17-23(36)32-27(25)29(34)37/h3,5-7,9-12,16,20,24-28,35H,1,4,8,13-15,17H2,2H3,(H,32,36)(H,33,39)/t20?,24?,25-,26+,27-,28-/m1/s1. The lowest BCUT2D eigenvalue weighted by atomic mass is 9.71. The van der Waals surface area contributed by atoms with Gasteiger partial charge in [0.1, 0.15) is 18.4 Å². The second-order valence-electron chi connectivity index (χ2n) is 10.5. The molecule has 0 saturated carbocycles. The Bertz CT molecular complexity index is 1350. The third kappa shape index (κ3) is 5.44. The Balaban J connectivity index is 1.62. The van der Waals surface area contributed by atoms with E-state index in [2.05, 4.69) is 17.2 Å². The fourth-order valence-electron chi connectivity index (χ4n) is 6.47. The second kappa shape index (κ2) is 12.6. The molecule has 3 amide bonds. The van der Waals surface area contributed by atoms with E-state index in [4.69, 9.17) is 19.3 Å². The number of carbonyl (C=O) groups excluding carboxylic acids is 4. The third-order valence-corrected chi connectivity index (χ3v) is 8.05. The summed E-state index contributed by atoms with van der Waals surface area (Å²) in [6.07, 6.45) is 1.15. The average molecular weight is 578 g/mol. The lowest BCUT2D eigenvalue weighted by Gasteiger charge is -2.34. The largest absolute Gasteiger partial charge is 0.493 e. The summed E-state index contributed by atoms with van der Waals surface area (Å²) in [5.74, 6) is -2.92. The minimum absolute atomic E-state index is 0.00421. The topological polar surface area (TPSA) is 143 Å². The number of carbonyl (C=O) groups is 4. The van der Waals surface area contributed by atoms with Crippen molar-refractivity contribution in [1.29, 1.82) is 0 Å². The van der Waals surface area contributed by atoms with Gasteiger partial charge in [0.25, 0.3) is 0 Å². The highest BCUT2D eigenvalue weighted by Gasteiger charge is 2.63. The molecule has 2 aromatic carbocycles. The van der Waals surface area contributed by atoms with Crippen LogP contribution in [0.3, 0.4) is 0 Å². The van der Waals surface area contributed by atoms with E-state index < -0.39 is 47.9 Å². The number of nitrogens with zero attached hydrogens (tertiary/aromatic N) is 1. The number of rotatable bonds is 10. The van der Waals surface area contributed by atoms with Gasteiger partial charge in [0, 0.05) is 42.5 Å². The predicted octanol–water partition coefficient (Wildman–Crippen LogP) is 2.60. The lowest BCUT2D eigenvalue weighted by Crippen LogP contribution is -2.48. The third-order valence-electron chi connectivity index (χ3n) is 8.05. The maximum Gasteiger partial charge on any atom is 0.408 e. The van der Waals surface area contributed by atoms with E-state index >= 15 is 0 Å². The van der Waals surface area contributed by atoms with Crippen molar-refractivity contribution in [1.82, 2.24) is 10.6 Å². The molecule has 42 heavy (non-hydrogen) atoms. The number of anilines is 1. The predicted molar refractivity (Wildman–Crippen MR) is 152 cm³/mol. The van der Waals surface area contributed by atoms with Gasteiger partial charge in [0.15, 0.2) is 0 Å². The number of nitrogens with one attached hydrogen (secondary N) is 2. The summed E-state index contributed by atoms with van der Waals surface area (Å²) in [6, 6.07) is 11.9. The van der Waals surface area contributed by atoms with Crippen LogP contribution in [0.4, 0.5) is 10.5 Å². The number of aliphatic hydroxyl groups is 1. The van der Waals surface area contributed by atoms with Gasteiger partial charge in [-0.2, -0.15) is 0 Å². The summed E-state index contributed by atoms with van der Waals surface area (Å²) in [5, 5.41) is 14.9. The van der Waals surface area contributed by atoms with E-state index in [1.807, 2.05) is 30.3 Å². The summed E-state index contributed by atoms with van der Waals surface area (Å²) in [7, 11) is 0. The zero-order valence-corrected chi connectivity index (χ0v) is 23.4. The van der Waals surface area contributed by atoms with E-state index in [9.17, 15) is 19.2 Å². The highest BCUT2D eigenvalue weighted by atomic mass is 16.5. The number of benzene rings is 2. The molecule has 2 unspecified atom stereocenters. The Hall–Kier alpha value is -4.38. The maximum absolute atomic E-state index is 14.1. The van der Waals surface area contributed by atoms with E-state index in [0.29, 0.717) is 23.4 Å². The van der Waals surface area contributed by atoms with Crippen molar-refractivity contribution in [3.05, 3.63) is 72.3 Å². The van der Waals surface area contributed by atoms with E-state index in [1.54, 1.807) is 30.0 Å². The van der Waals surface area contributed by atoms with Crippen LogP contribution in [0.5, 0.6) is 5.75 Å². The number of hydrogen-bond acceptors (Lipinski definition) is 8. The molecule has 222 valence electrons. The Labute approximate surface area is 243 Å². The SMILES string of the molecule is C=CCOC(=O)N[C@H]1c2cc(OCCCO)ccc2N2C(=O)[C@@H]3NC(=O)CC(c4ccccc4)C(C(=O)OCC)[C@H]3[C@H]12. The molecule has 2 saturated heterocycles. The van der Waals surface area contributed by atoms with Crippen molar-refractivity contribution < 1.29 is 38.5 Å². The van der Waals surface area contributed by atoms with Gasteiger partial charge in [-0.05, 0) is 30.7 Å². The van der Waals surface area contributed by atoms with Crippen LogP contribution in [0, 0.1) is 11.8 Å². The molecule has 11 heteroatoms. The summed E-state index contributed by atoms with van der Waals surface area (Å²) in [4.78, 5) is 55.6. The van der Waals surface area contributed by atoms with Gasteiger partial charge in [-0.15, -0.1) is 0 Å². The number of fused-ring (bicyclic) bond motifs is 5. The summed E-state index contributed by atoms with van der Waals surface area (Å²) >= 11 is 0. The van der Waals surface area contributed by atoms with Crippen molar-refractivity contribution in [3.63, 3.8) is 0 Å². The second-order valence-corrected chi connectivity index (χ2v) is 10.5. The highest BCUT2D eigenvalue weighted by Crippen LogP contribution is 2.53. The van der Waals surface area contributed by atoms with Crippen LogP contribution in [-0.4, -0.2) is 67.5 Å². The van der Waals surface area contributed by atoms with Gasteiger partial charge in [-0.3, -0.25) is 14.4 Å². The average Bonchev–Trinajstić information content (AvgIpc) is 3.37. The molecule has 0 spiro atoms. The molecule has 0 radical (unpaired) electrons. The molecule has 3 heterocycles. The molecule has 0 aromatic heterocycles. The zero-order valence-electron chi connectivity index (χ0n) is 23.4. The summed E-state index contributed by atoms with van der Waals surface area (Å²) in [5.41, 5.74) is 1.93. The molecular formula is C31H35N3O8. The highest BCUT2D eigenvalue weighted by molar-refractivity contribution is 6.06. The van der Waals surface area contributed by atoms with Gasteiger partial charge in [-0.25, -0.2) is 4.79 Å². The zero-order chi connectivity index (χ0) is 29.8. The van der Waals surface area contributed by atoms with Gasteiger partial charge in [-0.1, -0.05) is 43.0 Å². The van der Waals surface area contributed by atoms with Gasteiger partial charge >= 0.3 is 12.1 Å². The molecule has 3 aliphatic heterocycles. The van der Waals surface area contributed by atoms with Crippen LogP contribution in [0.2, 0.25) is 0 Å². The van der Waals surface area contributed by atoms with Crippen LogP contribution >= 0.6 is 0 Å². The minimum Gasteiger partial charge on any atom is -0.493 e. The fraction of sp³-hybridized carbons (Fsp3) is 0.419. The van der Waals surface area contributed by atoms with E-state index in [-0.39, 0.29) is 44.7 Å². The van der Waals surface area contributed by atoms with Crippen molar-refractivity contribution in [2.45, 2.75) is 43.8 Å². The fourth-order valence-corrected chi connectivity index (χ4v) is 6.47.